The Kier molecular flexibility index (Phi) is 9.30. The number of nitrogens with one attached hydrogen (secondary N) is 1. The lowest BCUT2D eigenvalue weighted by atomic mass is 10.2. The second kappa shape index (κ2) is 12.4. The summed E-state index contributed by atoms with van der Waals surface area (Å²) >= 11 is 1.24. The smallest absolute Gasteiger partial charge is 0.330 e. The van der Waals surface area contributed by atoms with Crippen LogP contribution in [0.2, 0.25) is 0 Å². The second-order valence-corrected chi connectivity index (χ2v) is 9.21. The molecule has 1 amide bonds. The van der Waals surface area contributed by atoms with Gasteiger partial charge in [0.1, 0.15) is 5.82 Å². The van der Waals surface area contributed by atoms with Crippen molar-refractivity contribution in [1.82, 2.24) is 24.3 Å². The van der Waals surface area contributed by atoms with Crippen molar-refractivity contribution in [3.05, 3.63) is 51.2 Å². The van der Waals surface area contributed by atoms with Crippen molar-refractivity contribution in [2.45, 2.75) is 57.7 Å². The van der Waals surface area contributed by atoms with Crippen molar-refractivity contribution >= 4 is 29.2 Å². The van der Waals surface area contributed by atoms with Gasteiger partial charge in [-0.25, -0.2) is 4.79 Å². The van der Waals surface area contributed by atoms with Gasteiger partial charge < -0.3 is 15.2 Å². The van der Waals surface area contributed by atoms with E-state index in [0.29, 0.717) is 30.5 Å². The first-order valence-corrected chi connectivity index (χ1v) is 12.9. The van der Waals surface area contributed by atoms with Crippen LogP contribution in [0.4, 0.5) is 11.5 Å². The van der Waals surface area contributed by atoms with Crippen molar-refractivity contribution < 1.29 is 4.79 Å². The summed E-state index contributed by atoms with van der Waals surface area (Å²) in [6.07, 6.45) is 4.15. The molecule has 3 aromatic rings. The molecule has 2 heterocycles. The Labute approximate surface area is 208 Å². The van der Waals surface area contributed by atoms with Gasteiger partial charge in [-0.3, -0.25) is 19.1 Å². The zero-order chi connectivity index (χ0) is 25.4. The zero-order valence-electron chi connectivity index (χ0n) is 20.5. The van der Waals surface area contributed by atoms with E-state index in [4.69, 9.17) is 5.73 Å². The van der Waals surface area contributed by atoms with Crippen LogP contribution in [0.15, 0.2) is 45.1 Å². The molecule has 3 rings (SSSR count). The average Bonchev–Trinajstić information content (AvgIpc) is 3.22. The molecule has 0 unspecified atom stereocenters. The quantitative estimate of drug-likeness (QED) is 0.289. The summed E-state index contributed by atoms with van der Waals surface area (Å²) in [7, 11) is 1.85. The van der Waals surface area contributed by atoms with Gasteiger partial charge in [0, 0.05) is 25.7 Å². The minimum atomic E-state index is -0.653. The minimum absolute atomic E-state index is 0.0204. The lowest BCUT2D eigenvalue weighted by Crippen LogP contribution is -2.42. The molecule has 0 fully saturated rings. The van der Waals surface area contributed by atoms with Crippen LogP contribution < -0.4 is 21.9 Å². The van der Waals surface area contributed by atoms with Crippen LogP contribution in [0.1, 0.15) is 46.0 Å². The summed E-state index contributed by atoms with van der Waals surface area (Å²) in [6, 6.07) is 9.68. The number of hydrogen-bond donors (Lipinski definition) is 2. The molecular weight excluding hydrogens is 466 g/mol. The number of amides is 1. The molecule has 0 aliphatic heterocycles. The second-order valence-electron chi connectivity index (χ2n) is 8.27. The predicted octanol–water partition coefficient (Wildman–Crippen LogP) is 3.03. The number of hydrogen-bond acceptors (Lipinski definition) is 7. The first kappa shape index (κ1) is 26.3. The highest BCUT2D eigenvalue weighted by atomic mass is 32.2. The monoisotopic (exact) mass is 499 g/mol. The first-order valence-electron chi connectivity index (χ1n) is 11.9. The van der Waals surface area contributed by atoms with E-state index in [1.165, 1.54) is 21.2 Å². The van der Waals surface area contributed by atoms with Gasteiger partial charge in [-0.15, -0.1) is 10.2 Å². The third kappa shape index (κ3) is 6.21. The Morgan fingerprint density at radius 2 is 1.80 bits per heavy atom. The molecule has 2 aromatic heterocycles. The molecule has 0 atom stereocenters. The number of benzene rings is 1. The number of nitrogens with two attached hydrogens (primary N) is 1. The average molecular weight is 500 g/mol. The SMILES string of the molecule is CCCCCN(C(=O)CSc1nnc(-c2ccccc2)n1C)c1c(N)n(CCCC)c(=O)[nH]c1=O. The Morgan fingerprint density at radius 3 is 2.49 bits per heavy atom. The van der Waals surface area contributed by atoms with E-state index in [0.717, 1.165) is 31.2 Å². The zero-order valence-corrected chi connectivity index (χ0v) is 21.3. The highest BCUT2D eigenvalue weighted by Crippen LogP contribution is 2.24. The number of nitrogen functional groups attached to an aromatic ring is 1. The van der Waals surface area contributed by atoms with Crippen LogP contribution in [-0.4, -0.2) is 42.5 Å². The molecule has 0 saturated heterocycles. The van der Waals surface area contributed by atoms with Crippen LogP contribution >= 0.6 is 11.8 Å². The molecule has 0 bridgehead atoms. The summed E-state index contributed by atoms with van der Waals surface area (Å²) in [5.74, 6) is 0.476. The maximum atomic E-state index is 13.4. The summed E-state index contributed by atoms with van der Waals surface area (Å²) in [6.45, 7) is 4.77. The van der Waals surface area contributed by atoms with Crippen molar-refractivity contribution in [3.8, 4) is 11.4 Å². The summed E-state index contributed by atoms with van der Waals surface area (Å²) in [5.41, 5.74) is 6.03. The van der Waals surface area contributed by atoms with Gasteiger partial charge in [-0.2, -0.15) is 0 Å². The van der Waals surface area contributed by atoms with E-state index in [-0.39, 0.29) is 23.2 Å². The third-order valence-electron chi connectivity index (χ3n) is 5.70. The molecule has 3 N–H and O–H groups in total. The number of anilines is 2. The number of unbranched alkanes of at least 4 members (excludes halogenated alkanes) is 3. The number of aromatic amines is 1. The Morgan fingerprint density at radius 1 is 1.09 bits per heavy atom. The lowest BCUT2D eigenvalue weighted by molar-refractivity contribution is -0.116. The molecule has 0 aliphatic carbocycles. The van der Waals surface area contributed by atoms with Crippen LogP contribution in [0.25, 0.3) is 11.4 Å². The number of thioether (sulfide) groups is 1. The van der Waals surface area contributed by atoms with Gasteiger partial charge in [0.25, 0.3) is 5.56 Å². The number of carbonyl (C=O) groups excluding carboxylic acids is 1. The highest BCUT2D eigenvalue weighted by Gasteiger charge is 2.25. The Balaban J connectivity index is 1.86. The predicted molar refractivity (Wildman–Crippen MR) is 140 cm³/mol. The van der Waals surface area contributed by atoms with Crippen LogP contribution in [0, 0.1) is 0 Å². The van der Waals surface area contributed by atoms with Gasteiger partial charge in [0.15, 0.2) is 16.7 Å². The molecule has 0 radical (unpaired) electrons. The van der Waals surface area contributed by atoms with E-state index in [9.17, 15) is 14.4 Å². The van der Waals surface area contributed by atoms with Crippen molar-refractivity contribution in [2.24, 2.45) is 7.05 Å². The van der Waals surface area contributed by atoms with E-state index in [1.807, 2.05) is 48.9 Å². The topological polar surface area (TPSA) is 132 Å². The molecule has 0 spiro atoms. The number of carbonyl (C=O) groups is 1. The number of H-pyrrole nitrogens is 1. The van der Waals surface area contributed by atoms with Gasteiger partial charge in [0.05, 0.1) is 5.75 Å². The fraction of sp³-hybridized carbons (Fsp3) is 0.458. The molecule has 35 heavy (non-hydrogen) atoms. The molecule has 1 aromatic carbocycles. The molecule has 0 saturated carbocycles. The van der Waals surface area contributed by atoms with Gasteiger partial charge in [0.2, 0.25) is 5.91 Å². The lowest BCUT2D eigenvalue weighted by Gasteiger charge is -2.24. The minimum Gasteiger partial charge on any atom is -0.383 e. The molecule has 10 nitrogen and oxygen atoms in total. The Hall–Kier alpha value is -3.34. The normalized spacial score (nSPS) is 11.1. The van der Waals surface area contributed by atoms with Crippen molar-refractivity contribution in [2.75, 3.05) is 22.9 Å². The van der Waals surface area contributed by atoms with Crippen LogP contribution in [0.5, 0.6) is 0 Å². The molecular formula is C24H33N7O3S. The highest BCUT2D eigenvalue weighted by molar-refractivity contribution is 7.99. The summed E-state index contributed by atoms with van der Waals surface area (Å²) < 4.78 is 3.17. The number of rotatable bonds is 12. The molecule has 11 heteroatoms. The van der Waals surface area contributed by atoms with E-state index in [2.05, 4.69) is 22.1 Å². The fourth-order valence-corrected chi connectivity index (χ4v) is 4.53. The van der Waals surface area contributed by atoms with E-state index >= 15 is 0 Å². The fourth-order valence-electron chi connectivity index (χ4n) is 3.74. The van der Waals surface area contributed by atoms with E-state index < -0.39 is 11.2 Å². The van der Waals surface area contributed by atoms with Crippen molar-refractivity contribution in [1.29, 1.82) is 0 Å². The van der Waals surface area contributed by atoms with Gasteiger partial charge in [-0.05, 0) is 12.8 Å². The van der Waals surface area contributed by atoms with Crippen LogP contribution in [0.3, 0.4) is 0 Å². The summed E-state index contributed by atoms with van der Waals surface area (Å²) in [4.78, 5) is 42.2. The summed E-state index contributed by atoms with van der Waals surface area (Å²) in [5, 5.41) is 9.08. The maximum absolute atomic E-state index is 13.4. The molecule has 0 aliphatic rings. The number of aromatic nitrogens is 5. The maximum Gasteiger partial charge on any atom is 0.330 e. The number of nitrogens with zero attached hydrogens (tertiary/aromatic N) is 5. The largest absolute Gasteiger partial charge is 0.383 e. The Bertz CT molecular complexity index is 1250. The first-order chi connectivity index (χ1) is 16.9. The van der Waals surface area contributed by atoms with Crippen LogP contribution in [-0.2, 0) is 18.4 Å². The van der Waals surface area contributed by atoms with Gasteiger partial charge in [-0.1, -0.05) is 75.2 Å². The van der Waals surface area contributed by atoms with Crippen molar-refractivity contribution in [3.63, 3.8) is 0 Å². The molecule has 188 valence electrons. The van der Waals surface area contributed by atoms with E-state index in [1.54, 1.807) is 0 Å². The standard InChI is InChI=1S/C24H33N7O3S/c1-4-6-11-15-30(19-20(25)31(14-7-5-2)23(34)26-22(19)33)18(32)16-35-24-28-27-21(29(24)3)17-12-9-8-10-13-17/h8-10,12-13H,4-7,11,14-16,25H2,1-3H3,(H,26,33,34). The third-order valence-corrected chi connectivity index (χ3v) is 6.70. The van der Waals surface area contributed by atoms with Gasteiger partial charge >= 0.3 is 5.69 Å².